The van der Waals surface area contributed by atoms with E-state index >= 15 is 0 Å². The molecule has 0 aliphatic rings. The lowest BCUT2D eigenvalue weighted by Crippen LogP contribution is -2.24. The first-order chi connectivity index (χ1) is 13.5. The van der Waals surface area contributed by atoms with Crippen LogP contribution in [0.2, 0.25) is 0 Å². The van der Waals surface area contributed by atoms with Crippen LogP contribution in [-0.4, -0.2) is 25.1 Å². The highest BCUT2D eigenvalue weighted by atomic mass is 32.2. The van der Waals surface area contributed by atoms with Crippen LogP contribution in [0, 0.1) is 0 Å². The molecule has 28 heavy (non-hydrogen) atoms. The number of rotatable bonds is 7. The van der Waals surface area contributed by atoms with Crippen molar-refractivity contribution in [1.29, 1.82) is 0 Å². The van der Waals surface area contributed by atoms with Crippen molar-refractivity contribution in [2.75, 3.05) is 0 Å². The van der Waals surface area contributed by atoms with Crippen molar-refractivity contribution >= 4 is 22.1 Å². The number of carbonyl (C=O) groups is 1. The second kappa shape index (κ2) is 8.64. The molecule has 2 aromatic carbocycles. The number of nitrogens with zero attached hydrogens (tertiary/aromatic N) is 2. The predicted octanol–water partition coefficient (Wildman–Crippen LogP) is 2.27. The van der Waals surface area contributed by atoms with Gasteiger partial charge in [0.2, 0.25) is 10.0 Å². The van der Waals surface area contributed by atoms with Crippen LogP contribution in [0.1, 0.15) is 21.6 Å². The van der Waals surface area contributed by atoms with Gasteiger partial charge in [-0.2, -0.15) is 5.10 Å². The lowest BCUT2D eigenvalue weighted by Gasteiger charge is -2.08. The van der Waals surface area contributed by atoms with Gasteiger partial charge in [0.1, 0.15) is 0 Å². The molecule has 0 fully saturated rings. The number of hydrazone groups is 1. The maximum Gasteiger partial charge on any atom is 0.271 e. The van der Waals surface area contributed by atoms with E-state index in [4.69, 9.17) is 0 Å². The standard InChI is InChI=1S/C20H20N4O3S/c1-24-12-6-10-18(24)15-21-23-20(25)17-9-5-11-19(13-17)28(26,27)22-14-16-7-3-2-4-8-16/h2-13,15,22H,14H2,1H3,(H,23,25)/b21-15+. The summed E-state index contributed by atoms with van der Waals surface area (Å²) < 4.78 is 29.4. The second-order valence-corrected chi connectivity index (χ2v) is 7.85. The van der Waals surface area contributed by atoms with Crippen LogP contribution in [0.3, 0.4) is 0 Å². The van der Waals surface area contributed by atoms with E-state index in [0.717, 1.165) is 11.3 Å². The molecule has 2 N–H and O–H groups in total. The molecule has 0 radical (unpaired) electrons. The molecule has 0 atom stereocenters. The molecule has 3 aromatic rings. The Balaban J connectivity index is 1.67. The molecule has 1 amide bonds. The Hall–Kier alpha value is -3.23. The average Bonchev–Trinajstić information content (AvgIpc) is 3.12. The Bertz CT molecular complexity index is 1090. The van der Waals surface area contributed by atoms with Crippen LogP contribution in [-0.2, 0) is 23.6 Å². The molecule has 0 bridgehead atoms. The van der Waals surface area contributed by atoms with Crippen molar-refractivity contribution < 1.29 is 13.2 Å². The third kappa shape index (κ3) is 4.93. The first-order valence-corrected chi connectivity index (χ1v) is 10.0. The number of hydrogen-bond acceptors (Lipinski definition) is 4. The van der Waals surface area contributed by atoms with Gasteiger partial charge in [-0.25, -0.2) is 18.6 Å². The minimum Gasteiger partial charge on any atom is -0.350 e. The topological polar surface area (TPSA) is 92.6 Å². The van der Waals surface area contributed by atoms with Gasteiger partial charge in [-0.15, -0.1) is 0 Å². The van der Waals surface area contributed by atoms with Crippen LogP contribution in [0.4, 0.5) is 0 Å². The van der Waals surface area contributed by atoms with Crippen molar-refractivity contribution in [3.8, 4) is 0 Å². The third-order valence-corrected chi connectivity index (χ3v) is 5.46. The van der Waals surface area contributed by atoms with Crippen molar-refractivity contribution in [2.24, 2.45) is 12.1 Å². The van der Waals surface area contributed by atoms with Crippen molar-refractivity contribution in [2.45, 2.75) is 11.4 Å². The molecule has 8 heteroatoms. The minimum atomic E-state index is -3.75. The van der Waals surface area contributed by atoms with Gasteiger partial charge < -0.3 is 4.57 Å². The molecule has 3 rings (SSSR count). The molecule has 7 nitrogen and oxygen atoms in total. The number of hydrogen-bond donors (Lipinski definition) is 2. The monoisotopic (exact) mass is 396 g/mol. The van der Waals surface area contributed by atoms with Gasteiger partial charge in [0.05, 0.1) is 16.8 Å². The summed E-state index contributed by atoms with van der Waals surface area (Å²) in [7, 11) is -1.89. The van der Waals surface area contributed by atoms with E-state index in [1.165, 1.54) is 30.5 Å². The van der Waals surface area contributed by atoms with E-state index < -0.39 is 15.9 Å². The van der Waals surface area contributed by atoms with E-state index in [-0.39, 0.29) is 17.0 Å². The highest BCUT2D eigenvalue weighted by Gasteiger charge is 2.16. The van der Waals surface area contributed by atoms with E-state index in [1.807, 2.05) is 60.3 Å². The van der Waals surface area contributed by atoms with Crippen LogP contribution >= 0.6 is 0 Å². The normalized spacial score (nSPS) is 11.6. The molecule has 0 saturated carbocycles. The summed E-state index contributed by atoms with van der Waals surface area (Å²) in [6.45, 7) is 0.167. The van der Waals surface area contributed by atoms with Crippen LogP contribution in [0.15, 0.2) is 82.9 Å². The van der Waals surface area contributed by atoms with Gasteiger partial charge in [0, 0.05) is 25.4 Å². The summed E-state index contributed by atoms with van der Waals surface area (Å²) in [5, 5.41) is 3.91. The average molecular weight is 396 g/mol. The Morgan fingerprint density at radius 1 is 1.07 bits per heavy atom. The zero-order valence-electron chi connectivity index (χ0n) is 15.2. The summed E-state index contributed by atoms with van der Waals surface area (Å²) >= 11 is 0. The van der Waals surface area contributed by atoms with Gasteiger partial charge >= 0.3 is 0 Å². The molecule has 1 aromatic heterocycles. The van der Waals surface area contributed by atoms with E-state index in [0.29, 0.717) is 0 Å². The number of benzene rings is 2. The van der Waals surface area contributed by atoms with Crippen molar-refractivity contribution in [3.63, 3.8) is 0 Å². The van der Waals surface area contributed by atoms with Crippen molar-refractivity contribution in [3.05, 3.63) is 89.7 Å². The van der Waals surface area contributed by atoms with Crippen LogP contribution in [0.5, 0.6) is 0 Å². The van der Waals surface area contributed by atoms with Gasteiger partial charge in [0.15, 0.2) is 0 Å². The molecule has 0 saturated heterocycles. The zero-order chi connectivity index (χ0) is 20.0. The zero-order valence-corrected chi connectivity index (χ0v) is 16.1. The maximum atomic E-state index is 12.5. The lowest BCUT2D eigenvalue weighted by molar-refractivity contribution is 0.0955. The first-order valence-electron chi connectivity index (χ1n) is 8.54. The lowest BCUT2D eigenvalue weighted by atomic mass is 10.2. The molecule has 1 heterocycles. The number of aryl methyl sites for hydroxylation is 1. The van der Waals surface area contributed by atoms with Crippen molar-refractivity contribution in [1.82, 2.24) is 14.7 Å². The molecule has 0 aliphatic heterocycles. The fraction of sp³-hybridized carbons (Fsp3) is 0.100. The number of sulfonamides is 1. The van der Waals surface area contributed by atoms with Gasteiger partial charge in [-0.1, -0.05) is 36.4 Å². The Morgan fingerprint density at radius 2 is 1.86 bits per heavy atom. The van der Waals surface area contributed by atoms with Crippen LogP contribution < -0.4 is 10.1 Å². The molecule has 144 valence electrons. The summed E-state index contributed by atoms with van der Waals surface area (Å²) in [5.41, 5.74) is 4.27. The summed E-state index contributed by atoms with van der Waals surface area (Å²) in [5.74, 6) is -0.495. The fourth-order valence-electron chi connectivity index (χ4n) is 2.49. The maximum absolute atomic E-state index is 12.5. The molecule has 0 spiro atoms. The number of amides is 1. The molecular formula is C20H20N4O3S. The quantitative estimate of drug-likeness (QED) is 0.474. The second-order valence-electron chi connectivity index (χ2n) is 6.08. The Labute approximate surface area is 163 Å². The molecule has 0 unspecified atom stereocenters. The molecular weight excluding hydrogens is 376 g/mol. The van der Waals surface area contributed by atoms with Crippen LogP contribution in [0.25, 0.3) is 0 Å². The van der Waals surface area contributed by atoms with E-state index in [9.17, 15) is 13.2 Å². The highest BCUT2D eigenvalue weighted by Crippen LogP contribution is 2.12. The van der Waals surface area contributed by atoms with E-state index in [2.05, 4.69) is 15.2 Å². The smallest absolute Gasteiger partial charge is 0.271 e. The summed E-state index contributed by atoms with van der Waals surface area (Å²) in [6, 6.07) is 18.7. The number of aromatic nitrogens is 1. The highest BCUT2D eigenvalue weighted by molar-refractivity contribution is 7.89. The third-order valence-electron chi connectivity index (χ3n) is 4.06. The predicted molar refractivity (Wildman–Crippen MR) is 107 cm³/mol. The SMILES string of the molecule is Cn1cccc1/C=N/NC(=O)c1cccc(S(=O)(=O)NCc2ccccc2)c1. The first kappa shape index (κ1) is 19.5. The minimum absolute atomic E-state index is 0.0162. The Morgan fingerprint density at radius 3 is 2.57 bits per heavy atom. The largest absolute Gasteiger partial charge is 0.350 e. The van der Waals surface area contributed by atoms with Gasteiger partial charge in [-0.05, 0) is 35.9 Å². The van der Waals surface area contributed by atoms with Gasteiger partial charge in [0.25, 0.3) is 5.91 Å². The number of nitrogens with one attached hydrogen (secondary N) is 2. The van der Waals surface area contributed by atoms with Gasteiger partial charge in [-0.3, -0.25) is 4.79 Å². The fourth-order valence-corrected chi connectivity index (χ4v) is 3.56. The number of carbonyl (C=O) groups excluding carboxylic acids is 1. The van der Waals surface area contributed by atoms with E-state index in [1.54, 1.807) is 0 Å². The summed E-state index contributed by atoms with van der Waals surface area (Å²) in [4.78, 5) is 12.3. The molecule has 0 aliphatic carbocycles. The Kier molecular flexibility index (Phi) is 6.03. The summed E-state index contributed by atoms with van der Waals surface area (Å²) in [6.07, 6.45) is 3.37.